The highest BCUT2D eigenvalue weighted by Crippen LogP contribution is 2.35. The summed E-state index contributed by atoms with van der Waals surface area (Å²) in [4.78, 5) is 19.7. The predicted molar refractivity (Wildman–Crippen MR) is 86.4 cm³/mol. The summed E-state index contributed by atoms with van der Waals surface area (Å²) in [6.45, 7) is 7.43. The molecule has 4 nitrogen and oxygen atoms in total. The van der Waals surface area contributed by atoms with Crippen LogP contribution in [0.1, 0.15) is 42.6 Å². The topological polar surface area (TPSA) is 35.6 Å². The molecule has 2 aliphatic heterocycles. The fourth-order valence-electron chi connectivity index (χ4n) is 3.47. The number of carbonyl (C=O) groups excluding carboxylic acids is 1. The van der Waals surface area contributed by atoms with E-state index >= 15 is 0 Å². The number of nitrogens with one attached hydrogen (secondary N) is 1. The maximum Gasteiger partial charge on any atom is 0.241 e. The molecule has 2 saturated heterocycles. The molecule has 116 valence electrons. The fourth-order valence-corrected chi connectivity index (χ4v) is 4.40. The summed E-state index contributed by atoms with van der Waals surface area (Å²) in [5.41, 5.74) is 0. The van der Waals surface area contributed by atoms with Crippen molar-refractivity contribution in [2.24, 2.45) is 0 Å². The zero-order chi connectivity index (χ0) is 15.1. The van der Waals surface area contributed by atoms with E-state index in [-0.39, 0.29) is 18.1 Å². The van der Waals surface area contributed by atoms with E-state index in [1.54, 1.807) is 11.3 Å². The average molecular weight is 307 g/mol. The van der Waals surface area contributed by atoms with Gasteiger partial charge in [-0.2, -0.15) is 0 Å². The van der Waals surface area contributed by atoms with Crippen molar-refractivity contribution in [3.63, 3.8) is 0 Å². The van der Waals surface area contributed by atoms with E-state index in [1.165, 1.54) is 9.75 Å². The molecule has 0 saturated carbocycles. The van der Waals surface area contributed by atoms with Crippen LogP contribution in [0.25, 0.3) is 0 Å². The Morgan fingerprint density at radius 3 is 2.71 bits per heavy atom. The quantitative estimate of drug-likeness (QED) is 0.911. The van der Waals surface area contributed by atoms with E-state index < -0.39 is 0 Å². The van der Waals surface area contributed by atoms with E-state index in [9.17, 15) is 4.79 Å². The SMILES string of the molecule is Cc1ccc(C2NC(C)C(=O)N2C2CCN(C)C(C)C2)s1. The van der Waals surface area contributed by atoms with Crippen LogP contribution < -0.4 is 5.32 Å². The number of carbonyl (C=O) groups is 1. The third kappa shape index (κ3) is 2.74. The molecule has 3 heterocycles. The normalized spacial score (nSPS) is 34.7. The van der Waals surface area contributed by atoms with Crippen LogP contribution in [0.2, 0.25) is 0 Å². The summed E-state index contributed by atoms with van der Waals surface area (Å²) in [6.07, 6.45) is 2.20. The van der Waals surface area contributed by atoms with Gasteiger partial charge >= 0.3 is 0 Å². The van der Waals surface area contributed by atoms with Crippen LogP contribution in [0, 0.1) is 6.92 Å². The molecule has 3 rings (SSSR count). The van der Waals surface area contributed by atoms with Gasteiger partial charge in [0.15, 0.2) is 0 Å². The molecule has 4 unspecified atom stereocenters. The Labute approximate surface area is 131 Å². The van der Waals surface area contributed by atoms with Crippen LogP contribution in [0.4, 0.5) is 0 Å². The van der Waals surface area contributed by atoms with Crippen molar-refractivity contribution in [1.29, 1.82) is 0 Å². The Morgan fingerprint density at radius 1 is 1.33 bits per heavy atom. The Hall–Kier alpha value is -0.910. The van der Waals surface area contributed by atoms with Crippen LogP contribution in [0.5, 0.6) is 0 Å². The number of aryl methyl sites for hydroxylation is 1. The van der Waals surface area contributed by atoms with Crippen molar-refractivity contribution in [2.45, 2.75) is 57.9 Å². The highest BCUT2D eigenvalue weighted by atomic mass is 32.1. The first-order chi connectivity index (χ1) is 9.97. The summed E-state index contributed by atoms with van der Waals surface area (Å²) in [5, 5.41) is 3.48. The van der Waals surface area contributed by atoms with E-state index in [2.05, 4.69) is 48.1 Å². The van der Waals surface area contributed by atoms with E-state index in [1.807, 2.05) is 6.92 Å². The van der Waals surface area contributed by atoms with Crippen molar-refractivity contribution in [2.75, 3.05) is 13.6 Å². The number of rotatable bonds is 2. The lowest BCUT2D eigenvalue weighted by atomic mass is 9.97. The zero-order valence-corrected chi connectivity index (χ0v) is 14.1. The second-order valence-electron chi connectivity index (χ2n) is 6.49. The van der Waals surface area contributed by atoms with Gasteiger partial charge in [-0.3, -0.25) is 10.1 Å². The number of hydrogen-bond donors (Lipinski definition) is 1. The maximum atomic E-state index is 12.6. The van der Waals surface area contributed by atoms with Crippen LogP contribution >= 0.6 is 11.3 Å². The first-order valence-electron chi connectivity index (χ1n) is 7.82. The largest absolute Gasteiger partial charge is 0.318 e. The first-order valence-corrected chi connectivity index (χ1v) is 8.64. The molecule has 1 aromatic heterocycles. The molecule has 2 fully saturated rings. The number of nitrogens with zero attached hydrogens (tertiary/aromatic N) is 2. The average Bonchev–Trinajstić information content (AvgIpc) is 2.99. The van der Waals surface area contributed by atoms with E-state index in [4.69, 9.17) is 0 Å². The molecular weight excluding hydrogens is 282 g/mol. The molecule has 0 spiro atoms. The Kier molecular flexibility index (Phi) is 4.08. The van der Waals surface area contributed by atoms with Crippen molar-refractivity contribution in [1.82, 2.24) is 15.1 Å². The van der Waals surface area contributed by atoms with Gasteiger partial charge < -0.3 is 9.80 Å². The van der Waals surface area contributed by atoms with Crippen molar-refractivity contribution >= 4 is 17.2 Å². The van der Waals surface area contributed by atoms with Gasteiger partial charge in [0.25, 0.3) is 0 Å². The summed E-state index contributed by atoms with van der Waals surface area (Å²) >= 11 is 1.79. The van der Waals surface area contributed by atoms with Gasteiger partial charge in [0.1, 0.15) is 6.17 Å². The first kappa shape index (κ1) is 15.0. The second kappa shape index (κ2) is 5.71. The highest BCUT2D eigenvalue weighted by Gasteiger charge is 2.43. The molecule has 5 heteroatoms. The monoisotopic (exact) mass is 307 g/mol. The van der Waals surface area contributed by atoms with Gasteiger partial charge in [-0.05, 0) is 52.8 Å². The number of likely N-dealkylation sites (tertiary alicyclic amines) is 1. The van der Waals surface area contributed by atoms with Crippen molar-refractivity contribution in [3.8, 4) is 0 Å². The molecule has 0 bridgehead atoms. The van der Waals surface area contributed by atoms with Gasteiger partial charge in [-0.15, -0.1) is 11.3 Å². The molecular formula is C16H25N3OS. The van der Waals surface area contributed by atoms with Crippen LogP contribution in [-0.4, -0.2) is 47.4 Å². The van der Waals surface area contributed by atoms with Gasteiger partial charge in [0.2, 0.25) is 5.91 Å². The Morgan fingerprint density at radius 2 is 2.10 bits per heavy atom. The minimum absolute atomic E-state index is 0.0619. The minimum Gasteiger partial charge on any atom is -0.318 e. The van der Waals surface area contributed by atoms with Crippen LogP contribution in [0.3, 0.4) is 0 Å². The van der Waals surface area contributed by atoms with E-state index in [0.717, 1.165) is 19.4 Å². The standard InChI is InChI=1S/C16H25N3OS/c1-10-9-13(7-8-18(10)4)19-15(17-12(3)16(19)20)14-6-5-11(2)21-14/h5-6,10,12-13,15,17H,7-9H2,1-4H3. The number of amides is 1. The van der Waals surface area contributed by atoms with Gasteiger partial charge in [-0.25, -0.2) is 0 Å². The molecule has 0 aromatic carbocycles. The van der Waals surface area contributed by atoms with E-state index in [0.29, 0.717) is 12.1 Å². The molecule has 21 heavy (non-hydrogen) atoms. The number of piperidine rings is 1. The maximum absolute atomic E-state index is 12.6. The molecule has 1 aromatic rings. The summed E-state index contributed by atoms with van der Waals surface area (Å²) in [5.74, 6) is 0.257. The van der Waals surface area contributed by atoms with Crippen molar-refractivity contribution in [3.05, 3.63) is 21.9 Å². The summed E-state index contributed by atoms with van der Waals surface area (Å²) < 4.78 is 0. The Bertz CT molecular complexity index is 529. The molecule has 2 aliphatic rings. The summed E-state index contributed by atoms with van der Waals surface area (Å²) in [6, 6.07) is 5.12. The zero-order valence-electron chi connectivity index (χ0n) is 13.3. The predicted octanol–water partition coefficient (Wildman–Crippen LogP) is 2.36. The molecule has 1 N–H and O–H groups in total. The number of thiophene rings is 1. The lowest BCUT2D eigenvalue weighted by molar-refractivity contribution is -0.133. The molecule has 4 atom stereocenters. The van der Waals surface area contributed by atoms with Crippen LogP contribution in [0.15, 0.2) is 12.1 Å². The third-order valence-electron chi connectivity index (χ3n) is 4.92. The highest BCUT2D eigenvalue weighted by molar-refractivity contribution is 7.12. The summed E-state index contributed by atoms with van der Waals surface area (Å²) in [7, 11) is 2.17. The lowest BCUT2D eigenvalue weighted by Gasteiger charge is -2.41. The molecule has 1 amide bonds. The lowest BCUT2D eigenvalue weighted by Crippen LogP contribution is -2.49. The third-order valence-corrected chi connectivity index (χ3v) is 5.97. The second-order valence-corrected chi connectivity index (χ2v) is 7.81. The minimum atomic E-state index is -0.0765. The number of hydrogen-bond acceptors (Lipinski definition) is 4. The van der Waals surface area contributed by atoms with Crippen LogP contribution in [-0.2, 0) is 4.79 Å². The van der Waals surface area contributed by atoms with Gasteiger partial charge in [-0.1, -0.05) is 0 Å². The molecule has 0 aliphatic carbocycles. The van der Waals surface area contributed by atoms with Gasteiger partial charge in [0.05, 0.1) is 6.04 Å². The Balaban J connectivity index is 1.84. The van der Waals surface area contributed by atoms with Gasteiger partial charge in [0, 0.05) is 28.4 Å². The smallest absolute Gasteiger partial charge is 0.241 e. The fraction of sp³-hybridized carbons (Fsp3) is 0.688. The van der Waals surface area contributed by atoms with Crippen molar-refractivity contribution < 1.29 is 4.79 Å². The molecule has 0 radical (unpaired) electrons.